The number of unbranched alkanes of at least 4 members (excludes halogenated alkanes) is 3. The zero-order chi connectivity index (χ0) is 8.53. The van der Waals surface area contributed by atoms with Crippen LogP contribution >= 0.6 is 0 Å². The average Bonchev–Trinajstić information content (AvgIpc) is 1.99. The van der Waals surface area contributed by atoms with E-state index in [-0.39, 0.29) is 6.10 Å². The van der Waals surface area contributed by atoms with Gasteiger partial charge in [0.2, 0.25) is 0 Å². The van der Waals surface area contributed by atoms with Crippen LogP contribution in [0.3, 0.4) is 0 Å². The summed E-state index contributed by atoms with van der Waals surface area (Å²) < 4.78 is 16.4. The Kier molecular flexibility index (Phi) is 7.91. The van der Waals surface area contributed by atoms with Crippen molar-refractivity contribution in [2.75, 3.05) is 6.86 Å². The van der Waals surface area contributed by atoms with E-state index in [1.165, 1.54) is 19.3 Å². The lowest BCUT2D eigenvalue weighted by atomic mass is 10.1. The fraction of sp³-hybridized carbons (Fsp3) is 1.00. The maximum atomic E-state index is 11.6. The molecule has 0 saturated carbocycles. The predicted octanol–water partition coefficient (Wildman–Crippen LogP) is 3.29. The van der Waals surface area contributed by atoms with Gasteiger partial charge in [-0.3, -0.25) is 0 Å². The standard InChI is InChI=1S/C9H19FO/c1-3-4-5-6-7-9(2)11-8-10/h9H,3-8H2,1-2H3. The lowest BCUT2D eigenvalue weighted by molar-refractivity contribution is 0.000461. The summed E-state index contributed by atoms with van der Waals surface area (Å²) in [7, 11) is 0. The van der Waals surface area contributed by atoms with Crippen LogP contribution in [0.5, 0.6) is 0 Å². The third kappa shape index (κ3) is 7.79. The smallest absolute Gasteiger partial charge is 0.188 e. The highest BCUT2D eigenvalue weighted by molar-refractivity contribution is 4.49. The Morgan fingerprint density at radius 1 is 1.27 bits per heavy atom. The number of alkyl halides is 1. The van der Waals surface area contributed by atoms with Gasteiger partial charge in [-0.1, -0.05) is 32.6 Å². The van der Waals surface area contributed by atoms with Gasteiger partial charge in [0.1, 0.15) is 0 Å². The van der Waals surface area contributed by atoms with Gasteiger partial charge in [-0.15, -0.1) is 0 Å². The zero-order valence-electron chi connectivity index (χ0n) is 7.61. The molecule has 0 aromatic rings. The Labute approximate surface area is 68.9 Å². The van der Waals surface area contributed by atoms with Gasteiger partial charge in [-0.05, 0) is 13.3 Å². The third-order valence-corrected chi connectivity index (χ3v) is 1.81. The molecular formula is C9H19FO. The minimum atomic E-state index is -0.644. The summed E-state index contributed by atoms with van der Waals surface area (Å²) in [5, 5.41) is 0. The first kappa shape index (κ1) is 10.9. The molecule has 0 heterocycles. The van der Waals surface area contributed by atoms with Crippen LogP contribution in [0.25, 0.3) is 0 Å². The van der Waals surface area contributed by atoms with Gasteiger partial charge in [0.25, 0.3) is 0 Å². The monoisotopic (exact) mass is 162 g/mol. The molecule has 0 fully saturated rings. The molecule has 0 saturated heterocycles. The molecule has 1 unspecified atom stereocenters. The van der Waals surface area contributed by atoms with Crippen LogP contribution in [0.1, 0.15) is 46.0 Å². The Hall–Kier alpha value is -0.110. The first-order valence-electron chi connectivity index (χ1n) is 4.48. The highest BCUT2D eigenvalue weighted by Gasteiger charge is 1.99. The van der Waals surface area contributed by atoms with Crippen LogP contribution in [0.15, 0.2) is 0 Å². The molecular weight excluding hydrogens is 143 g/mol. The highest BCUT2D eigenvalue weighted by Crippen LogP contribution is 2.07. The second-order valence-corrected chi connectivity index (χ2v) is 2.94. The summed E-state index contributed by atoms with van der Waals surface area (Å²) in [4.78, 5) is 0. The van der Waals surface area contributed by atoms with Gasteiger partial charge in [0, 0.05) is 0 Å². The van der Waals surface area contributed by atoms with Crippen LogP contribution in [0.4, 0.5) is 4.39 Å². The number of hydrogen-bond donors (Lipinski definition) is 0. The molecule has 0 aliphatic rings. The van der Waals surface area contributed by atoms with Crippen molar-refractivity contribution in [2.45, 2.75) is 52.1 Å². The van der Waals surface area contributed by atoms with Crippen LogP contribution < -0.4 is 0 Å². The molecule has 0 aliphatic heterocycles. The molecule has 0 aliphatic carbocycles. The molecule has 11 heavy (non-hydrogen) atoms. The molecule has 0 amide bonds. The van der Waals surface area contributed by atoms with E-state index < -0.39 is 6.86 Å². The second-order valence-electron chi connectivity index (χ2n) is 2.94. The molecule has 0 bridgehead atoms. The minimum absolute atomic E-state index is 0.0943. The van der Waals surface area contributed by atoms with Gasteiger partial charge in [0.05, 0.1) is 6.10 Å². The van der Waals surface area contributed by atoms with Crippen molar-refractivity contribution >= 4 is 0 Å². The van der Waals surface area contributed by atoms with E-state index in [1.807, 2.05) is 6.92 Å². The van der Waals surface area contributed by atoms with Crippen molar-refractivity contribution in [1.82, 2.24) is 0 Å². The van der Waals surface area contributed by atoms with Gasteiger partial charge in [-0.25, -0.2) is 4.39 Å². The SMILES string of the molecule is CCCCCCC(C)OCF. The Morgan fingerprint density at radius 3 is 2.55 bits per heavy atom. The summed E-state index contributed by atoms with van der Waals surface area (Å²) in [6, 6.07) is 0. The molecule has 0 rings (SSSR count). The normalized spacial score (nSPS) is 13.4. The van der Waals surface area contributed by atoms with Crippen molar-refractivity contribution in [3.8, 4) is 0 Å². The number of ether oxygens (including phenoxy) is 1. The van der Waals surface area contributed by atoms with E-state index in [1.54, 1.807) is 0 Å². The van der Waals surface area contributed by atoms with Crippen molar-refractivity contribution in [2.24, 2.45) is 0 Å². The average molecular weight is 162 g/mol. The van der Waals surface area contributed by atoms with Crippen molar-refractivity contribution in [3.05, 3.63) is 0 Å². The Morgan fingerprint density at radius 2 is 2.00 bits per heavy atom. The maximum Gasteiger partial charge on any atom is 0.188 e. The number of hydrogen-bond acceptors (Lipinski definition) is 1. The maximum absolute atomic E-state index is 11.6. The predicted molar refractivity (Wildman–Crippen MR) is 45.3 cm³/mol. The second kappa shape index (κ2) is 7.99. The van der Waals surface area contributed by atoms with E-state index >= 15 is 0 Å². The molecule has 0 radical (unpaired) electrons. The lowest BCUT2D eigenvalue weighted by Crippen LogP contribution is -2.06. The van der Waals surface area contributed by atoms with Crippen molar-refractivity contribution < 1.29 is 9.13 Å². The number of halogens is 1. The molecule has 0 N–H and O–H groups in total. The Balaban J connectivity index is 2.97. The number of rotatable bonds is 7. The third-order valence-electron chi connectivity index (χ3n) is 1.81. The summed E-state index contributed by atoms with van der Waals surface area (Å²) in [5.74, 6) is 0. The highest BCUT2D eigenvalue weighted by atomic mass is 19.1. The molecule has 0 spiro atoms. The largest absolute Gasteiger partial charge is 0.348 e. The van der Waals surface area contributed by atoms with Gasteiger partial charge in [0.15, 0.2) is 6.86 Å². The van der Waals surface area contributed by atoms with E-state index in [9.17, 15) is 4.39 Å². The summed E-state index contributed by atoms with van der Waals surface area (Å²) in [6.07, 6.45) is 6.02. The summed E-state index contributed by atoms with van der Waals surface area (Å²) in [6.45, 7) is 3.46. The lowest BCUT2D eigenvalue weighted by Gasteiger charge is -2.08. The van der Waals surface area contributed by atoms with Crippen LogP contribution in [0, 0.1) is 0 Å². The fourth-order valence-electron chi connectivity index (χ4n) is 1.05. The first-order chi connectivity index (χ1) is 5.31. The van der Waals surface area contributed by atoms with E-state index in [4.69, 9.17) is 4.74 Å². The topological polar surface area (TPSA) is 9.23 Å². The molecule has 1 atom stereocenters. The Bertz CT molecular complexity index is 76.0. The van der Waals surface area contributed by atoms with E-state index in [0.717, 1.165) is 12.8 Å². The molecule has 1 nitrogen and oxygen atoms in total. The van der Waals surface area contributed by atoms with Crippen molar-refractivity contribution in [1.29, 1.82) is 0 Å². The van der Waals surface area contributed by atoms with Gasteiger partial charge in [-0.2, -0.15) is 0 Å². The van der Waals surface area contributed by atoms with Crippen molar-refractivity contribution in [3.63, 3.8) is 0 Å². The molecule has 0 aromatic carbocycles. The van der Waals surface area contributed by atoms with Gasteiger partial charge < -0.3 is 4.74 Å². The summed E-state index contributed by atoms with van der Waals surface area (Å²) in [5.41, 5.74) is 0. The summed E-state index contributed by atoms with van der Waals surface area (Å²) >= 11 is 0. The minimum Gasteiger partial charge on any atom is -0.348 e. The van der Waals surface area contributed by atoms with Crippen LogP contribution in [0.2, 0.25) is 0 Å². The van der Waals surface area contributed by atoms with Crippen LogP contribution in [-0.4, -0.2) is 13.0 Å². The fourth-order valence-corrected chi connectivity index (χ4v) is 1.05. The zero-order valence-corrected chi connectivity index (χ0v) is 7.61. The molecule has 0 aromatic heterocycles. The van der Waals surface area contributed by atoms with Gasteiger partial charge >= 0.3 is 0 Å². The van der Waals surface area contributed by atoms with E-state index in [2.05, 4.69) is 6.92 Å². The molecule has 68 valence electrons. The quantitative estimate of drug-likeness (QED) is 0.522. The first-order valence-corrected chi connectivity index (χ1v) is 4.48. The molecule has 2 heteroatoms. The van der Waals surface area contributed by atoms with Crippen LogP contribution in [-0.2, 0) is 4.74 Å². The van der Waals surface area contributed by atoms with E-state index in [0.29, 0.717) is 0 Å².